The third kappa shape index (κ3) is 3.60. The van der Waals surface area contributed by atoms with E-state index in [1.807, 2.05) is 35.2 Å². The van der Waals surface area contributed by atoms with E-state index < -0.39 is 10.0 Å². The zero-order valence-corrected chi connectivity index (χ0v) is 18.0. The molecular formula is C20H18N6O3S2. The summed E-state index contributed by atoms with van der Waals surface area (Å²) in [6.45, 7) is 1.54. The van der Waals surface area contributed by atoms with Crippen molar-refractivity contribution in [2.45, 2.75) is 4.90 Å². The number of anilines is 1. The minimum absolute atomic E-state index is 0.183. The van der Waals surface area contributed by atoms with E-state index in [4.69, 9.17) is 0 Å². The molecule has 0 N–H and O–H groups in total. The van der Waals surface area contributed by atoms with Gasteiger partial charge in [0.2, 0.25) is 10.0 Å². The standard InChI is InChI=1S/C20H18N6O3S2/c27-19-10-9-18(21-26(19)15-5-2-1-3-6-15)24-11-13-25(14-12-24)31(28,29)17-8-4-7-16-20(17)23-30-22-16/h1-10H,11-14H2. The van der Waals surface area contributed by atoms with Crippen LogP contribution in [0.4, 0.5) is 5.82 Å². The first-order valence-electron chi connectivity index (χ1n) is 9.66. The topological polar surface area (TPSA) is 101 Å². The van der Waals surface area contributed by atoms with Gasteiger partial charge < -0.3 is 4.90 Å². The Balaban J connectivity index is 1.37. The Labute approximate surface area is 182 Å². The van der Waals surface area contributed by atoms with E-state index in [0.29, 0.717) is 48.7 Å². The summed E-state index contributed by atoms with van der Waals surface area (Å²) in [5, 5.41) is 4.49. The van der Waals surface area contributed by atoms with Crippen molar-refractivity contribution in [3.63, 3.8) is 0 Å². The molecule has 4 aromatic rings. The van der Waals surface area contributed by atoms with Crippen LogP contribution in [-0.2, 0) is 10.0 Å². The molecule has 0 bridgehead atoms. The van der Waals surface area contributed by atoms with Crippen molar-refractivity contribution in [2.24, 2.45) is 0 Å². The molecule has 0 radical (unpaired) electrons. The average molecular weight is 455 g/mol. The van der Waals surface area contributed by atoms with E-state index >= 15 is 0 Å². The van der Waals surface area contributed by atoms with Gasteiger partial charge in [0.25, 0.3) is 5.56 Å². The first-order chi connectivity index (χ1) is 15.0. The number of sulfonamides is 1. The zero-order chi connectivity index (χ0) is 21.4. The Morgan fingerprint density at radius 3 is 2.39 bits per heavy atom. The minimum atomic E-state index is -3.69. The highest BCUT2D eigenvalue weighted by molar-refractivity contribution is 7.89. The Hall–Kier alpha value is -3.15. The SMILES string of the molecule is O=c1ccc(N2CCN(S(=O)(=O)c3cccc4nsnc34)CC2)nn1-c1ccccc1. The molecule has 9 nitrogen and oxygen atoms in total. The number of aromatic nitrogens is 4. The third-order valence-electron chi connectivity index (χ3n) is 5.22. The molecule has 1 aliphatic heterocycles. The lowest BCUT2D eigenvalue weighted by Gasteiger charge is -2.34. The molecule has 0 spiro atoms. The van der Waals surface area contributed by atoms with E-state index in [-0.39, 0.29) is 10.5 Å². The summed E-state index contributed by atoms with van der Waals surface area (Å²) in [6, 6.07) is 17.4. The van der Waals surface area contributed by atoms with Crippen molar-refractivity contribution in [2.75, 3.05) is 31.1 Å². The van der Waals surface area contributed by atoms with Crippen LogP contribution in [0, 0.1) is 0 Å². The summed E-state index contributed by atoms with van der Waals surface area (Å²) in [7, 11) is -3.69. The lowest BCUT2D eigenvalue weighted by Crippen LogP contribution is -2.49. The largest absolute Gasteiger partial charge is 0.353 e. The molecule has 2 aromatic carbocycles. The summed E-state index contributed by atoms with van der Waals surface area (Å²) in [5.41, 5.74) is 1.45. The highest BCUT2D eigenvalue weighted by Crippen LogP contribution is 2.25. The summed E-state index contributed by atoms with van der Waals surface area (Å²) in [6.07, 6.45) is 0. The Bertz CT molecular complexity index is 1390. The number of benzene rings is 2. The van der Waals surface area contributed by atoms with E-state index in [1.54, 1.807) is 24.3 Å². The number of hydrogen-bond acceptors (Lipinski definition) is 8. The maximum absolute atomic E-state index is 13.2. The van der Waals surface area contributed by atoms with Crippen molar-refractivity contribution in [3.8, 4) is 5.69 Å². The molecule has 1 aliphatic rings. The Morgan fingerprint density at radius 2 is 1.61 bits per heavy atom. The quantitative estimate of drug-likeness (QED) is 0.463. The van der Waals surface area contributed by atoms with Crippen LogP contribution >= 0.6 is 11.7 Å². The van der Waals surface area contributed by atoms with Gasteiger partial charge in [-0.2, -0.15) is 17.7 Å². The number of piperazine rings is 1. The first-order valence-corrected chi connectivity index (χ1v) is 11.8. The van der Waals surface area contributed by atoms with Crippen LogP contribution in [0.25, 0.3) is 16.7 Å². The van der Waals surface area contributed by atoms with Gasteiger partial charge in [-0.15, -0.1) is 5.10 Å². The van der Waals surface area contributed by atoms with Crippen LogP contribution in [0.3, 0.4) is 0 Å². The second-order valence-electron chi connectivity index (χ2n) is 7.06. The van der Waals surface area contributed by atoms with Crippen LogP contribution in [-0.4, -0.2) is 57.4 Å². The fourth-order valence-electron chi connectivity index (χ4n) is 3.61. The van der Waals surface area contributed by atoms with Gasteiger partial charge in [-0.3, -0.25) is 4.79 Å². The van der Waals surface area contributed by atoms with Crippen molar-refractivity contribution < 1.29 is 8.42 Å². The average Bonchev–Trinajstić information content (AvgIpc) is 3.29. The van der Waals surface area contributed by atoms with Crippen molar-refractivity contribution in [3.05, 3.63) is 71.0 Å². The second kappa shape index (κ2) is 7.84. The Morgan fingerprint density at radius 1 is 0.839 bits per heavy atom. The molecule has 0 amide bonds. The highest BCUT2D eigenvalue weighted by atomic mass is 32.2. The second-order valence-corrected chi connectivity index (χ2v) is 9.49. The monoisotopic (exact) mass is 454 g/mol. The Kier molecular flexibility index (Phi) is 5.00. The number of rotatable bonds is 4. The van der Waals surface area contributed by atoms with E-state index in [9.17, 15) is 13.2 Å². The maximum atomic E-state index is 13.2. The number of para-hydroxylation sites is 1. The molecular weight excluding hydrogens is 436 g/mol. The van der Waals surface area contributed by atoms with E-state index in [2.05, 4.69) is 13.8 Å². The summed E-state index contributed by atoms with van der Waals surface area (Å²) in [5.74, 6) is 0.631. The summed E-state index contributed by atoms with van der Waals surface area (Å²) < 4.78 is 37.5. The van der Waals surface area contributed by atoms with Crippen molar-refractivity contribution in [1.82, 2.24) is 22.8 Å². The predicted octanol–water partition coefficient (Wildman–Crippen LogP) is 1.75. The lowest BCUT2D eigenvalue weighted by molar-refractivity contribution is 0.383. The minimum Gasteiger partial charge on any atom is -0.353 e. The smallest absolute Gasteiger partial charge is 0.271 e. The van der Waals surface area contributed by atoms with Crippen molar-refractivity contribution >= 4 is 38.6 Å². The highest BCUT2D eigenvalue weighted by Gasteiger charge is 2.31. The predicted molar refractivity (Wildman–Crippen MR) is 118 cm³/mol. The van der Waals surface area contributed by atoms with Gasteiger partial charge in [0, 0.05) is 32.2 Å². The molecule has 1 saturated heterocycles. The molecule has 31 heavy (non-hydrogen) atoms. The fourth-order valence-corrected chi connectivity index (χ4v) is 5.79. The lowest BCUT2D eigenvalue weighted by atomic mass is 10.3. The molecule has 0 aliphatic carbocycles. The molecule has 0 saturated carbocycles. The fraction of sp³-hybridized carbons (Fsp3) is 0.200. The maximum Gasteiger partial charge on any atom is 0.271 e. The van der Waals surface area contributed by atoms with Gasteiger partial charge >= 0.3 is 0 Å². The molecule has 5 rings (SSSR count). The van der Waals surface area contributed by atoms with E-state index in [1.165, 1.54) is 15.1 Å². The molecule has 0 atom stereocenters. The van der Waals surface area contributed by atoms with Crippen LogP contribution in [0.2, 0.25) is 0 Å². The van der Waals surface area contributed by atoms with Gasteiger partial charge in [0.05, 0.1) is 17.4 Å². The first kappa shape index (κ1) is 19.8. The van der Waals surface area contributed by atoms with Gasteiger partial charge in [0.15, 0.2) is 0 Å². The van der Waals surface area contributed by atoms with Gasteiger partial charge in [-0.05, 0) is 30.3 Å². The number of fused-ring (bicyclic) bond motifs is 1. The molecule has 158 valence electrons. The molecule has 1 fully saturated rings. The molecule has 2 aromatic heterocycles. The summed E-state index contributed by atoms with van der Waals surface area (Å²) >= 11 is 1.00. The summed E-state index contributed by atoms with van der Waals surface area (Å²) in [4.78, 5) is 14.4. The van der Waals surface area contributed by atoms with Gasteiger partial charge in [0.1, 0.15) is 21.7 Å². The van der Waals surface area contributed by atoms with Crippen LogP contribution in [0.1, 0.15) is 0 Å². The van der Waals surface area contributed by atoms with Crippen molar-refractivity contribution in [1.29, 1.82) is 0 Å². The number of hydrogen-bond donors (Lipinski definition) is 0. The van der Waals surface area contributed by atoms with Crippen LogP contribution in [0.5, 0.6) is 0 Å². The molecule has 0 unspecified atom stereocenters. The zero-order valence-electron chi connectivity index (χ0n) is 16.3. The van der Waals surface area contributed by atoms with Gasteiger partial charge in [-0.1, -0.05) is 24.3 Å². The van der Waals surface area contributed by atoms with Crippen LogP contribution in [0.15, 0.2) is 70.4 Å². The third-order valence-corrected chi connectivity index (χ3v) is 7.69. The molecule has 11 heteroatoms. The normalized spacial score (nSPS) is 15.4. The number of nitrogens with zero attached hydrogens (tertiary/aromatic N) is 6. The molecule has 3 heterocycles. The van der Waals surface area contributed by atoms with Crippen LogP contribution < -0.4 is 10.5 Å². The van der Waals surface area contributed by atoms with Gasteiger partial charge in [-0.25, -0.2) is 8.42 Å². The van der Waals surface area contributed by atoms with E-state index in [0.717, 1.165) is 11.7 Å².